The Bertz CT molecular complexity index is 678. The lowest BCUT2D eigenvalue weighted by atomic mass is 10.2. The number of hydrogen-bond donors (Lipinski definition) is 1. The molecular weight excluding hydrogens is 358 g/mol. The van der Waals surface area contributed by atoms with Crippen LogP contribution in [0.1, 0.15) is 5.56 Å². The Morgan fingerprint density at radius 1 is 1.29 bits per heavy atom. The van der Waals surface area contributed by atoms with Crippen LogP contribution in [0.2, 0.25) is 5.02 Å². The molecular formula is C15H13BrClNO3. The van der Waals surface area contributed by atoms with E-state index in [1.807, 2.05) is 30.3 Å². The van der Waals surface area contributed by atoms with Gasteiger partial charge in [-0.1, -0.05) is 11.6 Å². The summed E-state index contributed by atoms with van der Waals surface area (Å²) in [6.07, 6.45) is 0. The van der Waals surface area contributed by atoms with Gasteiger partial charge in [0.15, 0.2) is 11.5 Å². The van der Waals surface area contributed by atoms with Gasteiger partial charge in [-0.2, -0.15) is 0 Å². The summed E-state index contributed by atoms with van der Waals surface area (Å²) in [6, 6.07) is 9.56. The minimum absolute atomic E-state index is 0.216. The van der Waals surface area contributed by atoms with Gasteiger partial charge in [-0.25, -0.2) is 0 Å². The third-order valence-electron chi connectivity index (χ3n) is 3.14. The summed E-state index contributed by atoms with van der Waals surface area (Å²) in [6.45, 7) is 0.829. The van der Waals surface area contributed by atoms with Crippen molar-refractivity contribution in [1.29, 1.82) is 0 Å². The molecule has 0 spiro atoms. The number of nitrogens with one attached hydrogen (secondary N) is 1. The normalized spacial score (nSPS) is 12.3. The molecule has 110 valence electrons. The van der Waals surface area contributed by atoms with E-state index >= 15 is 0 Å². The highest BCUT2D eigenvalue weighted by atomic mass is 79.9. The number of hydrogen-bond acceptors (Lipinski definition) is 4. The maximum absolute atomic E-state index is 6.17. The lowest BCUT2D eigenvalue weighted by molar-refractivity contribution is 0.174. The van der Waals surface area contributed by atoms with E-state index in [4.69, 9.17) is 25.8 Å². The van der Waals surface area contributed by atoms with Gasteiger partial charge < -0.3 is 19.5 Å². The fourth-order valence-corrected chi connectivity index (χ4v) is 2.76. The quantitative estimate of drug-likeness (QED) is 0.863. The Morgan fingerprint density at radius 3 is 2.95 bits per heavy atom. The summed E-state index contributed by atoms with van der Waals surface area (Å²) in [7, 11) is 1.64. The molecule has 6 heteroatoms. The number of rotatable bonds is 4. The van der Waals surface area contributed by atoms with Gasteiger partial charge in [-0.05, 0) is 45.8 Å². The maximum atomic E-state index is 6.17. The molecule has 21 heavy (non-hydrogen) atoms. The number of anilines is 1. The van der Waals surface area contributed by atoms with Gasteiger partial charge in [0.1, 0.15) is 5.75 Å². The first-order valence-corrected chi connectivity index (χ1v) is 7.50. The highest BCUT2D eigenvalue weighted by Crippen LogP contribution is 2.40. The van der Waals surface area contributed by atoms with E-state index in [0.29, 0.717) is 23.1 Å². The molecule has 2 aromatic rings. The molecule has 0 radical (unpaired) electrons. The van der Waals surface area contributed by atoms with Crippen LogP contribution in [0.25, 0.3) is 0 Å². The summed E-state index contributed by atoms with van der Waals surface area (Å²) < 4.78 is 16.9. The zero-order valence-electron chi connectivity index (χ0n) is 11.3. The molecule has 0 aromatic heterocycles. The van der Waals surface area contributed by atoms with Crippen LogP contribution in [0.4, 0.5) is 5.69 Å². The Kier molecular flexibility index (Phi) is 4.12. The van der Waals surface area contributed by atoms with Gasteiger partial charge in [-0.3, -0.25) is 0 Å². The second kappa shape index (κ2) is 6.03. The van der Waals surface area contributed by atoms with Gasteiger partial charge >= 0.3 is 0 Å². The SMILES string of the molecule is COc1ccc(Br)c(NCc2cc(Cl)c3c(c2)OCO3)c1. The lowest BCUT2D eigenvalue weighted by Gasteiger charge is -2.11. The average molecular weight is 371 g/mol. The molecule has 0 unspecified atom stereocenters. The fourth-order valence-electron chi connectivity index (χ4n) is 2.09. The fraction of sp³-hybridized carbons (Fsp3) is 0.200. The minimum Gasteiger partial charge on any atom is -0.497 e. The number of benzene rings is 2. The van der Waals surface area contributed by atoms with Crippen molar-refractivity contribution in [2.24, 2.45) is 0 Å². The molecule has 1 heterocycles. The number of ether oxygens (including phenoxy) is 3. The molecule has 0 aliphatic carbocycles. The molecule has 1 aliphatic rings. The van der Waals surface area contributed by atoms with E-state index in [2.05, 4.69) is 21.2 Å². The van der Waals surface area contributed by atoms with Gasteiger partial charge in [0.2, 0.25) is 6.79 Å². The Balaban J connectivity index is 1.78. The first-order chi connectivity index (χ1) is 10.2. The first kappa shape index (κ1) is 14.4. The summed E-state index contributed by atoms with van der Waals surface area (Å²) in [5, 5.41) is 3.90. The van der Waals surface area contributed by atoms with E-state index in [0.717, 1.165) is 21.5 Å². The second-order valence-electron chi connectivity index (χ2n) is 4.51. The number of methoxy groups -OCH3 is 1. The van der Waals surface area contributed by atoms with Crippen LogP contribution in [0.5, 0.6) is 17.2 Å². The molecule has 0 amide bonds. The monoisotopic (exact) mass is 369 g/mol. The van der Waals surface area contributed by atoms with Crippen LogP contribution in [0.15, 0.2) is 34.8 Å². The van der Waals surface area contributed by atoms with Crippen molar-refractivity contribution >= 4 is 33.2 Å². The Hall–Kier alpha value is -1.59. The molecule has 2 aromatic carbocycles. The molecule has 3 rings (SSSR count). The molecule has 0 bridgehead atoms. The van der Waals surface area contributed by atoms with Crippen LogP contribution in [-0.2, 0) is 6.54 Å². The molecule has 1 aliphatic heterocycles. The standard InChI is InChI=1S/C15H13BrClNO3/c1-19-10-2-3-11(16)13(6-10)18-7-9-4-12(17)15-14(5-9)20-8-21-15/h2-6,18H,7-8H2,1H3. The van der Waals surface area contributed by atoms with Gasteiger partial charge in [0.25, 0.3) is 0 Å². The highest BCUT2D eigenvalue weighted by molar-refractivity contribution is 9.10. The van der Waals surface area contributed by atoms with E-state index in [1.54, 1.807) is 7.11 Å². The molecule has 0 fully saturated rings. The topological polar surface area (TPSA) is 39.7 Å². The first-order valence-electron chi connectivity index (χ1n) is 6.33. The zero-order valence-corrected chi connectivity index (χ0v) is 13.6. The van der Waals surface area contributed by atoms with Crippen LogP contribution in [0, 0.1) is 0 Å². The van der Waals surface area contributed by atoms with Crippen molar-refractivity contribution in [1.82, 2.24) is 0 Å². The van der Waals surface area contributed by atoms with Gasteiger partial charge in [0.05, 0.1) is 17.8 Å². The van der Waals surface area contributed by atoms with Gasteiger partial charge in [-0.15, -0.1) is 0 Å². The molecule has 4 nitrogen and oxygen atoms in total. The zero-order chi connectivity index (χ0) is 14.8. The smallest absolute Gasteiger partial charge is 0.231 e. The van der Waals surface area contributed by atoms with Crippen molar-refractivity contribution in [3.05, 3.63) is 45.4 Å². The van der Waals surface area contributed by atoms with Crippen LogP contribution >= 0.6 is 27.5 Å². The number of halogens is 2. The van der Waals surface area contributed by atoms with Crippen molar-refractivity contribution in [3.8, 4) is 17.2 Å². The largest absolute Gasteiger partial charge is 0.497 e. The second-order valence-corrected chi connectivity index (χ2v) is 5.77. The van der Waals surface area contributed by atoms with Crippen molar-refractivity contribution in [3.63, 3.8) is 0 Å². The van der Waals surface area contributed by atoms with Crippen LogP contribution in [-0.4, -0.2) is 13.9 Å². The van der Waals surface area contributed by atoms with E-state index < -0.39 is 0 Å². The number of fused-ring (bicyclic) bond motifs is 1. The third kappa shape index (κ3) is 3.04. The summed E-state index contributed by atoms with van der Waals surface area (Å²) in [5.41, 5.74) is 1.96. The Labute approximate surface area is 136 Å². The molecule has 0 atom stereocenters. The third-order valence-corrected chi connectivity index (χ3v) is 4.12. The van der Waals surface area contributed by atoms with Crippen molar-refractivity contribution < 1.29 is 14.2 Å². The predicted octanol–water partition coefficient (Wildman–Crippen LogP) is 4.45. The van der Waals surface area contributed by atoms with E-state index in [9.17, 15) is 0 Å². The minimum atomic E-state index is 0.216. The summed E-state index contributed by atoms with van der Waals surface area (Å²) in [4.78, 5) is 0. The van der Waals surface area contributed by atoms with Crippen LogP contribution in [0.3, 0.4) is 0 Å². The summed E-state index contributed by atoms with van der Waals surface area (Å²) >= 11 is 9.68. The maximum Gasteiger partial charge on any atom is 0.231 e. The summed E-state index contributed by atoms with van der Waals surface area (Å²) in [5.74, 6) is 2.09. The average Bonchev–Trinajstić information content (AvgIpc) is 2.95. The van der Waals surface area contributed by atoms with Gasteiger partial charge in [0, 0.05) is 17.1 Å². The molecule has 0 saturated heterocycles. The lowest BCUT2D eigenvalue weighted by Crippen LogP contribution is -2.00. The van der Waals surface area contributed by atoms with Crippen LogP contribution < -0.4 is 19.5 Å². The molecule has 1 N–H and O–H groups in total. The van der Waals surface area contributed by atoms with Crippen molar-refractivity contribution in [2.45, 2.75) is 6.54 Å². The molecule has 0 saturated carbocycles. The van der Waals surface area contributed by atoms with E-state index in [1.165, 1.54) is 0 Å². The highest BCUT2D eigenvalue weighted by Gasteiger charge is 2.18. The predicted molar refractivity (Wildman–Crippen MR) is 85.6 cm³/mol. The Morgan fingerprint density at radius 2 is 2.14 bits per heavy atom. The van der Waals surface area contributed by atoms with Crippen molar-refractivity contribution in [2.75, 3.05) is 19.2 Å². The van der Waals surface area contributed by atoms with E-state index in [-0.39, 0.29) is 6.79 Å².